The van der Waals surface area contributed by atoms with Gasteiger partial charge in [0.15, 0.2) is 5.43 Å². The molecule has 3 aromatic rings. The molecule has 3 rings (SSSR count). The lowest BCUT2D eigenvalue weighted by Gasteiger charge is -2.02. The molecule has 3 nitrogen and oxygen atoms in total. The van der Waals surface area contributed by atoms with Crippen LogP contribution in [0.15, 0.2) is 64.0 Å². The highest BCUT2D eigenvalue weighted by Gasteiger charge is 2.03. The molecule has 2 aromatic carbocycles. The Morgan fingerprint density at radius 1 is 1.05 bits per heavy atom. The molecule has 110 valence electrons. The summed E-state index contributed by atoms with van der Waals surface area (Å²) in [5.74, 6) is 0.838. The number of fused-ring (bicyclic) bond motifs is 1. The number of hydrogen-bond donors (Lipinski definition) is 0. The smallest absolute Gasteiger partial charge is 0.199 e. The van der Waals surface area contributed by atoms with Crippen molar-refractivity contribution in [2.24, 2.45) is 0 Å². The van der Waals surface area contributed by atoms with Crippen LogP contribution in [0.4, 0.5) is 0 Å². The molecule has 3 heteroatoms. The van der Waals surface area contributed by atoms with Gasteiger partial charge in [-0.15, -0.1) is 0 Å². The fourth-order valence-electron chi connectivity index (χ4n) is 2.24. The van der Waals surface area contributed by atoms with E-state index in [2.05, 4.69) is 0 Å². The summed E-state index contributed by atoms with van der Waals surface area (Å²) < 4.78 is 10.9. The van der Waals surface area contributed by atoms with E-state index in [9.17, 15) is 4.79 Å². The highest BCUT2D eigenvalue weighted by molar-refractivity contribution is 5.80. The molecule has 0 saturated heterocycles. The van der Waals surface area contributed by atoms with Gasteiger partial charge >= 0.3 is 0 Å². The van der Waals surface area contributed by atoms with E-state index in [0.717, 1.165) is 11.3 Å². The van der Waals surface area contributed by atoms with Gasteiger partial charge in [0.1, 0.15) is 17.6 Å². The van der Waals surface area contributed by atoms with E-state index in [-0.39, 0.29) is 5.43 Å². The Labute approximate surface area is 128 Å². The lowest BCUT2D eigenvalue weighted by molar-refractivity contribution is 0.340. The zero-order chi connectivity index (χ0) is 15.4. The molecule has 0 amide bonds. The molecule has 0 aliphatic carbocycles. The average molecular weight is 292 g/mol. The Balaban J connectivity index is 1.89. The molecule has 0 unspecified atom stereocenters. The predicted molar refractivity (Wildman–Crippen MR) is 89.0 cm³/mol. The van der Waals surface area contributed by atoms with Crippen LogP contribution >= 0.6 is 0 Å². The molecule has 1 aromatic heterocycles. The maximum atomic E-state index is 12.4. The lowest BCUT2D eigenvalue weighted by atomic mass is 10.1. The van der Waals surface area contributed by atoms with Crippen molar-refractivity contribution in [3.8, 4) is 5.75 Å². The zero-order valence-electron chi connectivity index (χ0n) is 12.3. The molecule has 0 aliphatic heterocycles. The molecule has 22 heavy (non-hydrogen) atoms. The van der Waals surface area contributed by atoms with E-state index < -0.39 is 0 Å². The molecule has 1 heterocycles. The Kier molecular flexibility index (Phi) is 4.05. The van der Waals surface area contributed by atoms with Gasteiger partial charge in [-0.05, 0) is 42.8 Å². The number of ether oxygens (including phenoxy) is 1. The molecular formula is C19H16O3. The summed E-state index contributed by atoms with van der Waals surface area (Å²) >= 11 is 0. The number of hydrogen-bond acceptors (Lipinski definition) is 3. The van der Waals surface area contributed by atoms with Crippen LogP contribution in [0.2, 0.25) is 0 Å². The van der Waals surface area contributed by atoms with Gasteiger partial charge in [0.25, 0.3) is 0 Å². The van der Waals surface area contributed by atoms with E-state index >= 15 is 0 Å². The van der Waals surface area contributed by atoms with E-state index in [1.54, 1.807) is 18.2 Å². The van der Waals surface area contributed by atoms with Crippen LogP contribution in [-0.4, -0.2) is 6.61 Å². The van der Waals surface area contributed by atoms with Crippen molar-refractivity contribution in [1.82, 2.24) is 0 Å². The van der Waals surface area contributed by atoms with Gasteiger partial charge in [-0.2, -0.15) is 0 Å². The van der Waals surface area contributed by atoms with Crippen molar-refractivity contribution in [3.05, 3.63) is 76.1 Å². The Hall–Kier alpha value is -2.81. The number of para-hydroxylation sites is 1. The second kappa shape index (κ2) is 6.31. The second-order valence-corrected chi connectivity index (χ2v) is 4.85. The summed E-state index contributed by atoms with van der Waals surface area (Å²) in [6.45, 7) is 2.60. The monoisotopic (exact) mass is 292 g/mol. The lowest BCUT2D eigenvalue weighted by Crippen LogP contribution is -2.04. The van der Waals surface area contributed by atoms with Crippen molar-refractivity contribution >= 4 is 23.1 Å². The maximum Gasteiger partial charge on any atom is 0.199 e. The molecule has 0 saturated carbocycles. The molecule has 0 spiro atoms. The van der Waals surface area contributed by atoms with E-state index in [4.69, 9.17) is 9.15 Å². The SMILES string of the molecule is CCOc1ccc(/C=C/c2coc3ccccc3c2=O)cc1. The number of rotatable bonds is 4. The summed E-state index contributed by atoms with van der Waals surface area (Å²) in [6.07, 6.45) is 5.15. The topological polar surface area (TPSA) is 39.4 Å². The molecule has 0 fully saturated rings. The highest BCUT2D eigenvalue weighted by atomic mass is 16.5. The van der Waals surface area contributed by atoms with Gasteiger partial charge in [-0.25, -0.2) is 0 Å². The minimum atomic E-state index is -0.0240. The first-order chi connectivity index (χ1) is 10.8. The fourth-order valence-corrected chi connectivity index (χ4v) is 2.24. The van der Waals surface area contributed by atoms with Crippen LogP contribution in [0.1, 0.15) is 18.1 Å². The van der Waals surface area contributed by atoms with Crippen molar-refractivity contribution in [2.45, 2.75) is 6.92 Å². The molecular weight excluding hydrogens is 276 g/mol. The Morgan fingerprint density at radius 3 is 2.59 bits per heavy atom. The van der Waals surface area contributed by atoms with Crippen LogP contribution in [0.5, 0.6) is 5.75 Å². The first kappa shape index (κ1) is 14.1. The van der Waals surface area contributed by atoms with Gasteiger partial charge in [0.05, 0.1) is 17.6 Å². The van der Waals surface area contributed by atoms with E-state index in [1.807, 2.05) is 49.4 Å². The summed E-state index contributed by atoms with van der Waals surface area (Å²) in [6, 6.07) is 15.0. The maximum absolute atomic E-state index is 12.4. The Morgan fingerprint density at radius 2 is 1.82 bits per heavy atom. The van der Waals surface area contributed by atoms with Crippen LogP contribution in [0, 0.1) is 0 Å². The average Bonchev–Trinajstić information content (AvgIpc) is 2.56. The highest BCUT2D eigenvalue weighted by Crippen LogP contribution is 2.15. The van der Waals surface area contributed by atoms with Gasteiger partial charge in [0.2, 0.25) is 0 Å². The molecule has 0 bridgehead atoms. The standard InChI is InChI=1S/C19H16O3/c1-2-21-16-11-8-14(9-12-16)7-10-15-13-22-18-6-4-3-5-17(18)19(15)20/h3-13H,2H2,1H3/b10-7+. The summed E-state index contributed by atoms with van der Waals surface area (Å²) in [5.41, 5.74) is 2.11. The fraction of sp³-hybridized carbons (Fsp3) is 0.105. The molecule has 0 N–H and O–H groups in total. The van der Waals surface area contributed by atoms with Crippen LogP contribution in [0.3, 0.4) is 0 Å². The largest absolute Gasteiger partial charge is 0.494 e. The van der Waals surface area contributed by atoms with Gasteiger partial charge in [-0.3, -0.25) is 4.79 Å². The van der Waals surface area contributed by atoms with Gasteiger partial charge < -0.3 is 9.15 Å². The van der Waals surface area contributed by atoms with Crippen molar-refractivity contribution in [3.63, 3.8) is 0 Å². The predicted octanol–water partition coefficient (Wildman–Crippen LogP) is 4.36. The second-order valence-electron chi connectivity index (χ2n) is 4.85. The first-order valence-corrected chi connectivity index (χ1v) is 7.19. The van der Waals surface area contributed by atoms with Crippen molar-refractivity contribution in [2.75, 3.05) is 6.61 Å². The normalized spacial score (nSPS) is 11.1. The zero-order valence-corrected chi connectivity index (χ0v) is 12.3. The van der Waals surface area contributed by atoms with Crippen LogP contribution in [-0.2, 0) is 0 Å². The molecule has 0 atom stereocenters. The summed E-state index contributed by atoms with van der Waals surface area (Å²) in [7, 11) is 0. The van der Waals surface area contributed by atoms with Crippen molar-refractivity contribution < 1.29 is 9.15 Å². The first-order valence-electron chi connectivity index (χ1n) is 7.19. The van der Waals surface area contributed by atoms with Crippen molar-refractivity contribution in [1.29, 1.82) is 0 Å². The van der Waals surface area contributed by atoms with Gasteiger partial charge in [-0.1, -0.05) is 30.3 Å². The van der Waals surface area contributed by atoms with Gasteiger partial charge in [0, 0.05) is 0 Å². The minimum Gasteiger partial charge on any atom is -0.494 e. The summed E-state index contributed by atoms with van der Waals surface area (Å²) in [4.78, 5) is 12.4. The third kappa shape index (κ3) is 2.93. The Bertz CT molecular complexity index is 858. The third-order valence-corrected chi connectivity index (χ3v) is 3.35. The number of benzene rings is 2. The quantitative estimate of drug-likeness (QED) is 0.717. The molecule has 0 aliphatic rings. The van der Waals surface area contributed by atoms with E-state index in [0.29, 0.717) is 23.1 Å². The summed E-state index contributed by atoms with van der Waals surface area (Å²) in [5, 5.41) is 0.594. The van der Waals surface area contributed by atoms with Crippen LogP contribution in [0.25, 0.3) is 23.1 Å². The third-order valence-electron chi connectivity index (χ3n) is 3.35. The van der Waals surface area contributed by atoms with E-state index in [1.165, 1.54) is 6.26 Å². The van der Waals surface area contributed by atoms with Crippen LogP contribution < -0.4 is 10.2 Å². The molecule has 0 radical (unpaired) electrons. The minimum absolute atomic E-state index is 0.0240.